The number of aromatic nitrogens is 2. The van der Waals surface area contributed by atoms with Gasteiger partial charge in [0.1, 0.15) is 11.5 Å². The fourth-order valence-electron chi connectivity index (χ4n) is 3.14. The van der Waals surface area contributed by atoms with Crippen molar-refractivity contribution in [2.75, 3.05) is 17.2 Å². The molecule has 8 heteroatoms. The van der Waals surface area contributed by atoms with Gasteiger partial charge >= 0.3 is 0 Å². The zero-order valence-electron chi connectivity index (χ0n) is 21.3. The Morgan fingerprint density at radius 1 is 1.06 bits per heavy atom. The van der Waals surface area contributed by atoms with E-state index in [9.17, 15) is 9.90 Å². The standard InChI is InChI=1S/C27H35N5O2S/c1-7-18-11-13-19(14-12-18)23-24(28-16-22(30-23)31-27(5,6)17-33)25(34)29-20-9-8-10-21(15-20)35-32-26(2,3)4/h8-16,32-33H,7,17H2,1-6H3,(H,29,34)(H,30,31). The van der Waals surface area contributed by atoms with Gasteiger partial charge in [-0.3, -0.25) is 9.52 Å². The van der Waals surface area contributed by atoms with Gasteiger partial charge in [0.05, 0.1) is 18.3 Å². The number of anilines is 2. The van der Waals surface area contributed by atoms with Crippen LogP contribution in [0.4, 0.5) is 11.5 Å². The van der Waals surface area contributed by atoms with Gasteiger partial charge < -0.3 is 15.7 Å². The van der Waals surface area contributed by atoms with Crippen molar-refractivity contribution in [3.63, 3.8) is 0 Å². The van der Waals surface area contributed by atoms with Crippen LogP contribution in [0.1, 0.15) is 57.6 Å². The number of aliphatic hydroxyl groups excluding tert-OH is 1. The Kier molecular flexibility index (Phi) is 8.53. The molecule has 0 aliphatic heterocycles. The van der Waals surface area contributed by atoms with E-state index in [-0.39, 0.29) is 23.7 Å². The fraction of sp³-hybridized carbons (Fsp3) is 0.370. The fourth-order valence-corrected chi connectivity index (χ4v) is 3.90. The van der Waals surface area contributed by atoms with Crippen molar-refractivity contribution < 1.29 is 9.90 Å². The van der Waals surface area contributed by atoms with Crippen LogP contribution in [-0.4, -0.2) is 38.7 Å². The molecule has 0 saturated heterocycles. The normalized spacial score (nSPS) is 11.9. The molecule has 0 unspecified atom stereocenters. The predicted octanol–water partition coefficient (Wildman–Crippen LogP) is 5.54. The van der Waals surface area contributed by atoms with Crippen LogP contribution in [0, 0.1) is 0 Å². The maximum Gasteiger partial charge on any atom is 0.276 e. The highest BCUT2D eigenvalue weighted by Crippen LogP contribution is 2.26. The van der Waals surface area contributed by atoms with Crippen molar-refractivity contribution in [1.29, 1.82) is 0 Å². The number of aryl methyl sites for hydroxylation is 1. The summed E-state index contributed by atoms with van der Waals surface area (Å²) in [5.41, 5.74) is 2.75. The summed E-state index contributed by atoms with van der Waals surface area (Å²) in [5, 5.41) is 15.8. The van der Waals surface area contributed by atoms with Gasteiger partial charge in [0.2, 0.25) is 0 Å². The highest BCUT2D eigenvalue weighted by Gasteiger charge is 2.21. The van der Waals surface area contributed by atoms with Crippen molar-refractivity contribution in [2.45, 2.75) is 63.9 Å². The number of carbonyl (C=O) groups excluding carboxylic acids is 1. The molecular weight excluding hydrogens is 458 g/mol. The molecule has 35 heavy (non-hydrogen) atoms. The molecule has 3 aromatic rings. The Bertz CT molecular complexity index is 1160. The van der Waals surface area contributed by atoms with Crippen LogP contribution in [0.5, 0.6) is 0 Å². The summed E-state index contributed by atoms with van der Waals surface area (Å²) in [5.74, 6) is 0.146. The first kappa shape index (κ1) is 26.7. The summed E-state index contributed by atoms with van der Waals surface area (Å²) in [4.78, 5) is 23.5. The van der Waals surface area contributed by atoms with Crippen molar-refractivity contribution >= 4 is 29.4 Å². The molecule has 0 radical (unpaired) electrons. The maximum atomic E-state index is 13.3. The van der Waals surface area contributed by atoms with Crippen LogP contribution in [0.15, 0.2) is 59.6 Å². The lowest BCUT2D eigenvalue weighted by molar-refractivity contribution is 0.102. The van der Waals surface area contributed by atoms with E-state index >= 15 is 0 Å². The van der Waals surface area contributed by atoms with E-state index in [1.54, 1.807) is 0 Å². The van der Waals surface area contributed by atoms with Gasteiger partial charge in [-0.05, 0) is 76.7 Å². The van der Waals surface area contributed by atoms with Crippen LogP contribution >= 0.6 is 11.9 Å². The van der Waals surface area contributed by atoms with E-state index in [0.717, 1.165) is 16.9 Å². The van der Waals surface area contributed by atoms with E-state index in [1.807, 2.05) is 62.4 Å². The van der Waals surface area contributed by atoms with Gasteiger partial charge in [-0.1, -0.05) is 37.3 Å². The van der Waals surface area contributed by atoms with Crippen LogP contribution in [-0.2, 0) is 6.42 Å². The first-order chi connectivity index (χ1) is 16.5. The number of nitrogens with one attached hydrogen (secondary N) is 3. The molecule has 186 valence electrons. The van der Waals surface area contributed by atoms with Gasteiger partial charge in [0, 0.05) is 21.7 Å². The molecular formula is C27H35N5O2S. The van der Waals surface area contributed by atoms with Crippen molar-refractivity contribution in [1.82, 2.24) is 14.7 Å². The van der Waals surface area contributed by atoms with Crippen molar-refractivity contribution in [3.05, 3.63) is 66.0 Å². The predicted molar refractivity (Wildman–Crippen MR) is 145 cm³/mol. The molecule has 4 N–H and O–H groups in total. The Morgan fingerprint density at radius 2 is 1.77 bits per heavy atom. The number of nitrogens with zero attached hydrogens (tertiary/aromatic N) is 2. The SMILES string of the molecule is CCc1ccc(-c2nc(NC(C)(C)CO)cnc2C(=O)Nc2cccc(SNC(C)(C)C)c2)cc1. The molecule has 1 amide bonds. The van der Waals surface area contributed by atoms with Gasteiger partial charge in [-0.2, -0.15) is 0 Å². The Hall–Kier alpha value is -2.94. The first-order valence-corrected chi connectivity index (χ1v) is 12.5. The average molecular weight is 494 g/mol. The van der Waals surface area contributed by atoms with Crippen LogP contribution in [0.3, 0.4) is 0 Å². The number of carbonyl (C=O) groups is 1. The summed E-state index contributed by atoms with van der Waals surface area (Å²) >= 11 is 1.52. The molecule has 0 spiro atoms. The van der Waals surface area contributed by atoms with Crippen LogP contribution < -0.4 is 15.4 Å². The smallest absolute Gasteiger partial charge is 0.276 e. The third-order valence-electron chi connectivity index (χ3n) is 5.05. The number of benzene rings is 2. The number of hydrogen-bond acceptors (Lipinski definition) is 7. The first-order valence-electron chi connectivity index (χ1n) is 11.7. The number of amides is 1. The third kappa shape index (κ3) is 7.78. The van der Waals surface area contributed by atoms with E-state index in [0.29, 0.717) is 17.2 Å². The van der Waals surface area contributed by atoms with Crippen molar-refractivity contribution in [2.24, 2.45) is 0 Å². The molecule has 3 rings (SSSR count). The highest BCUT2D eigenvalue weighted by atomic mass is 32.2. The number of aliphatic hydroxyl groups is 1. The Labute approximate surface area is 212 Å². The summed E-state index contributed by atoms with van der Waals surface area (Å²) in [6.07, 6.45) is 2.44. The van der Waals surface area contributed by atoms with E-state index in [4.69, 9.17) is 4.98 Å². The second-order valence-corrected chi connectivity index (χ2v) is 11.0. The minimum atomic E-state index is -0.582. The highest BCUT2D eigenvalue weighted by molar-refractivity contribution is 7.97. The van der Waals surface area contributed by atoms with Crippen molar-refractivity contribution in [3.8, 4) is 11.3 Å². The zero-order valence-corrected chi connectivity index (χ0v) is 22.1. The molecule has 1 heterocycles. The summed E-state index contributed by atoms with van der Waals surface area (Å²) in [7, 11) is 0. The molecule has 1 aromatic heterocycles. The van der Waals surface area contributed by atoms with Crippen LogP contribution in [0.2, 0.25) is 0 Å². The molecule has 0 atom stereocenters. The Morgan fingerprint density at radius 3 is 2.40 bits per heavy atom. The summed E-state index contributed by atoms with van der Waals surface area (Å²) in [6.45, 7) is 12.0. The lowest BCUT2D eigenvalue weighted by Gasteiger charge is -2.24. The quantitative estimate of drug-likeness (QED) is 0.291. The maximum absolute atomic E-state index is 13.3. The Balaban J connectivity index is 1.91. The molecule has 7 nitrogen and oxygen atoms in total. The molecule has 0 fully saturated rings. The van der Waals surface area contributed by atoms with Gasteiger partial charge in [0.15, 0.2) is 5.69 Å². The molecule has 0 aliphatic rings. The van der Waals surface area contributed by atoms with E-state index in [2.05, 4.69) is 48.0 Å². The minimum Gasteiger partial charge on any atom is -0.394 e. The summed E-state index contributed by atoms with van der Waals surface area (Å²) in [6, 6.07) is 15.6. The van der Waals surface area contributed by atoms with Gasteiger partial charge in [-0.15, -0.1) is 0 Å². The van der Waals surface area contributed by atoms with Gasteiger partial charge in [0.25, 0.3) is 5.91 Å². The minimum absolute atomic E-state index is 0.0396. The number of hydrogen-bond donors (Lipinski definition) is 4. The van der Waals surface area contributed by atoms with E-state index < -0.39 is 5.54 Å². The lowest BCUT2D eigenvalue weighted by atomic mass is 10.0. The monoisotopic (exact) mass is 493 g/mol. The second kappa shape index (κ2) is 11.2. The second-order valence-electron chi connectivity index (χ2n) is 10.1. The topological polar surface area (TPSA) is 99.2 Å². The number of rotatable bonds is 9. The average Bonchev–Trinajstić information content (AvgIpc) is 2.82. The van der Waals surface area contributed by atoms with E-state index in [1.165, 1.54) is 23.7 Å². The molecule has 0 aliphatic carbocycles. The van der Waals surface area contributed by atoms with Gasteiger partial charge in [-0.25, -0.2) is 9.97 Å². The zero-order chi connectivity index (χ0) is 25.6. The molecule has 0 bridgehead atoms. The summed E-state index contributed by atoms with van der Waals surface area (Å²) < 4.78 is 3.38. The largest absolute Gasteiger partial charge is 0.394 e. The third-order valence-corrected chi connectivity index (χ3v) is 6.26. The molecule has 0 saturated carbocycles. The molecule has 2 aromatic carbocycles. The lowest BCUT2D eigenvalue weighted by Crippen LogP contribution is -2.35. The van der Waals surface area contributed by atoms with Crippen LogP contribution in [0.25, 0.3) is 11.3 Å².